The first kappa shape index (κ1) is 26.3. The number of rotatable bonds is 11. The molecule has 1 N–H and O–H groups in total. The lowest BCUT2D eigenvalue weighted by atomic mass is 10.1. The van der Waals surface area contributed by atoms with Gasteiger partial charge in [-0.1, -0.05) is 37.3 Å². The molecule has 0 saturated heterocycles. The van der Waals surface area contributed by atoms with Gasteiger partial charge in [-0.25, -0.2) is 8.42 Å². The molecule has 0 saturated carbocycles. The molecule has 0 fully saturated rings. The maximum Gasteiger partial charge on any atom is 0.244 e. The van der Waals surface area contributed by atoms with Gasteiger partial charge in [0.15, 0.2) is 11.5 Å². The summed E-state index contributed by atoms with van der Waals surface area (Å²) in [7, 11) is -3.81. The van der Waals surface area contributed by atoms with Crippen molar-refractivity contribution in [1.29, 1.82) is 0 Å². The van der Waals surface area contributed by atoms with E-state index in [9.17, 15) is 18.0 Å². The molecule has 1 atom stereocenters. The van der Waals surface area contributed by atoms with E-state index in [1.54, 1.807) is 25.1 Å². The maximum atomic E-state index is 13.5. The van der Waals surface area contributed by atoms with Crippen LogP contribution in [0.5, 0.6) is 11.5 Å². The van der Waals surface area contributed by atoms with Gasteiger partial charge >= 0.3 is 0 Å². The lowest BCUT2D eigenvalue weighted by Crippen LogP contribution is -2.52. The summed E-state index contributed by atoms with van der Waals surface area (Å²) in [6, 6.07) is 13.6. The van der Waals surface area contributed by atoms with Crippen LogP contribution < -0.4 is 19.1 Å². The molecular weight excluding hydrogens is 470 g/mol. The largest absolute Gasteiger partial charge is 0.486 e. The molecule has 0 bridgehead atoms. The van der Waals surface area contributed by atoms with Crippen LogP contribution in [0.15, 0.2) is 48.5 Å². The molecule has 2 aromatic carbocycles. The van der Waals surface area contributed by atoms with Crippen molar-refractivity contribution >= 4 is 27.5 Å². The Hall–Kier alpha value is -3.27. The van der Waals surface area contributed by atoms with Gasteiger partial charge in [0, 0.05) is 19.2 Å². The number of fused-ring (bicyclic) bond motifs is 1. The van der Waals surface area contributed by atoms with Crippen LogP contribution in [0.2, 0.25) is 0 Å². The predicted molar refractivity (Wildman–Crippen MR) is 134 cm³/mol. The Kier molecular flexibility index (Phi) is 8.97. The monoisotopic (exact) mass is 503 g/mol. The number of amides is 2. The normalized spacial score (nSPS) is 13.6. The number of sulfonamides is 1. The second-order valence-corrected chi connectivity index (χ2v) is 10.3. The Bertz CT molecular complexity index is 1120. The van der Waals surface area contributed by atoms with E-state index in [1.165, 1.54) is 4.90 Å². The Balaban J connectivity index is 1.84. The quantitative estimate of drug-likeness (QED) is 0.504. The van der Waals surface area contributed by atoms with Crippen LogP contribution >= 0.6 is 0 Å². The number of hydrogen-bond acceptors (Lipinski definition) is 6. The molecule has 0 aromatic heterocycles. The molecule has 0 radical (unpaired) electrons. The molecule has 0 aliphatic carbocycles. The molecule has 1 aliphatic rings. The Morgan fingerprint density at radius 3 is 2.40 bits per heavy atom. The molecular formula is C25H33N3O6S. The Morgan fingerprint density at radius 2 is 1.74 bits per heavy atom. The standard InChI is InChI=1S/C25H33N3O6S/c1-4-13-26-25(30)19(2)27(14-12-20-8-6-5-7-9-20)24(29)18-28(35(3,31)32)21-10-11-22-23(17-21)34-16-15-33-22/h5-11,17,19H,4,12-16,18H2,1-3H3,(H,26,30). The van der Waals surface area contributed by atoms with Crippen LogP contribution in [-0.4, -0.2) is 70.3 Å². The summed E-state index contributed by atoms with van der Waals surface area (Å²) in [4.78, 5) is 27.6. The highest BCUT2D eigenvalue weighted by molar-refractivity contribution is 7.92. The molecule has 3 rings (SSSR count). The van der Waals surface area contributed by atoms with E-state index in [0.29, 0.717) is 37.7 Å². The van der Waals surface area contributed by atoms with Crippen LogP contribution in [0.3, 0.4) is 0 Å². The fraction of sp³-hybridized carbons (Fsp3) is 0.440. The van der Waals surface area contributed by atoms with Gasteiger partial charge in [0.2, 0.25) is 21.8 Å². The van der Waals surface area contributed by atoms with Crippen LogP contribution in [-0.2, 0) is 26.0 Å². The van der Waals surface area contributed by atoms with Gasteiger partial charge in [-0.2, -0.15) is 0 Å². The second-order valence-electron chi connectivity index (χ2n) is 8.39. The van der Waals surface area contributed by atoms with E-state index >= 15 is 0 Å². The SMILES string of the molecule is CCCNC(=O)C(C)N(CCc1ccccc1)C(=O)CN(c1ccc2c(c1)OCCO2)S(C)(=O)=O. The Labute approximate surface area is 207 Å². The van der Waals surface area contributed by atoms with E-state index in [2.05, 4.69) is 5.32 Å². The van der Waals surface area contributed by atoms with E-state index < -0.39 is 28.5 Å². The van der Waals surface area contributed by atoms with E-state index in [1.807, 2.05) is 37.3 Å². The summed E-state index contributed by atoms with van der Waals surface area (Å²) in [5.74, 6) is 0.187. The average Bonchev–Trinajstić information content (AvgIpc) is 2.85. The van der Waals surface area contributed by atoms with Gasteiger partial charge < -0.3 is 19.7 Å². The van der Waals surface area contributed by atoms with Gasteiger partial charge in [-0.05, 0) is 37.5 Å². The zero-order valence-electron chi connectivity index (χ0n) is 20.4. The number of anilines is 1. The van der Waals surface area contributed by atoms with E-state index in [0.717, 1.165) is 22.5 Å². The van der Waals surface area contributed by atoms with Crippen LogP contribution in [0.1, 0.15) is 25.8 Å². The Morgan fingerprint density at radius 1 is 1.06 bits per heavy atom. The number of nitrogens with zero attached hydrogens (tertiary/aromatic N) is 2. The summed E-state index contributed by atoms with van der Waals surface area (Å²) in [5.41, 5.74) is 1.30. The van der Waals surface area contributed by atoms with Gasteiger partial charge in [-0.3, -0.25) is 13.9 Å². The second kappa shape index (κ2) is 11.9. The molecule has 35 heavy (non-hydrogen) atoms. The summed E-state index contributed by atoms with van der Waals surface area (Å²) in [6.07, 6.45) is 2.34. The molecule has 190 valence electrons. The van der Waals surface area contributed by atoms with E-state index in [4.69, 9.17) is 9.47 Å². The van der Waals surface area contributed by atoms with E-state index in [-0.39, 0.29) is 18.1 Å². The van der Waals surface area contributed by atoms with Crippen molar-refractivity contribution in [2.24, 2.45) is 0 Å². The summed E-state index contributed by atoms with van der Waals surface area (Å²) >= 11 is 0. The van der Waals surface area contributed by atoms with Crippen molar-refractivity contribution < 1.29 is 27.5 Å². The highest BCUT2D eigenvalue weighted by atomic mass is 32.2. The molecule has 1 unspecified atom stereocenters. The molecule has 1 aliphatic heterocycles. The minimum Gasteiger partial charge on any atom is -0.486 e. The topological polar surface area (TPSA) is 105 Å². The van der Waals surface area contributed by atoms with Gasteiger partial charge in [0.25, 0.3) is 0 Å². The van der Waals surface area contributed by atoms with Crippen molar-refractivity contribution in [3.05, 3.63) is 54.1 Å². The number of hydrogen-bond donors (Lipinski definition) is 1. The lowest BCUT2D eigenvalue weighted by Gasteiger charge is -2.31. The number of carbonyl (C=O) groups is 2. The maximum absolute atomic E-state index is 13.5. The summed E-state index contributed by atoms with van der Waals surface area (Å²) in [6.45, 7) is 4.68. The zero-order valence-corrected chi connectivity index (χ0v) is 21.2. The first-order valence-electron chi connectivity index (χ1n) is 11.7. The van der Waals surface area contributed by atoms with Crippen molar-refractivity contribution in [3.63, 3.8) is 0 Å². The van der Waals surface area contributed by atoms with Gasteiger partial charge in [0.1, 0.15) is 25.8 Å². The van der Waals surface area contributed by atoms with Crippen LogP contribution in [0, 0.1) is 0 Å². The first-order valence-corrected chi connectivity index (χ1v) is 13.5. The molecule has 0 spiro atoms. The summed E-state index contributed by atoms with van der Waals surface area (Å²) in [5, 5.41) is 2.82. The third kappa shape index (κ3) is 7.11. The predicted octanol–water partition coefficient (Wildman–Crippen LogP) is 2.21. The van der Waals surface area contributed by atoms with Crippen LogP contribution in [0.25, 0.3) is 0 Å². The number of nitrogens with one attached hydrogen (secondary N) is 1. The van der Waals surface area contributed by atoms with Crippen LogP contribution in [0.4, 0.5) is 5.69 Å². The molecule has 1 heterocycles. The highest BCUT2D eigenvalue weighted by Gasteiger charge is 2.30. The molecule has 2 aromatic rings. The third-order valence-corrected chi connectivity index (χ3v) is 6.83. The van der Waals surface area contributed by atoms with Gasteiger partial charge in [0.05, 0.1) is 11.9 Å². The fourth-order valence-electron chi connectivity index (χ4n) is 3.77. The average molecular weight is 504 g/mol. The lowest BCUT2D eigenvalue weighted by molar-refractivity contribution is -0.138. The zero-order chi connectivity index (χ0) is 25.4. The number of carbonyl (C=O) groups excluding carboxylic acids is 2. The van der Waals surface area contributed by atoms with Crippen molar-refractivity contribution in [3.8, 4) is 11.5 Å². The van der Waals surface area contributed by atoms with Crippen molar-refractivity contribution in [2.75, 3.05) is 43.4 Å². The number of ether oxygens (including phenoxy) is 2. The number of benzene rings is 2. The molecule has 9 nitrogen and oxygen atoms in total. The third-order valence-electron chi connectivity index (χ3n) is 5.69. The minimum atomic E-state index is -3.81. The highest BCUT2D eigenvalue weighted by Crippen LogP contribution is 2.34. The molecule has 2 amide bonds. The van der Waals surface area contributed by atoms with Crippen molar-refractivity contribution in [1.82, 2.24) is 10.2 Å². The van der Waals surface area contributed by atoms with Gasteiger partial charge in [-0.15, -0.1) is 0 Å². The fourth-order valence-corrected chi connectivity index (χ4v) is 4.61. The minimum absolute atomic E-state index is 0.266. The first-order chi connectivity index (χ1) is 16.7. The summed E-state index contributed by atoms with van der Waals surface area (Å²) < 4.78 is 37.5. The smallest absolute Gasteiger partial charge is 0.244 e. The molecule has 10 heteroatoms. The van der Waals surface area contributed by atoms with Crippen molar-refractivity contribution in [2.45, 2.75) is 32.7 Å².